The summed E-state index contributed by atoms with van der Waals surface area (Å²) in [7, 11) is 0. The fourth-order valence-electron chi connectivity index (χ4n) is 0.992. The van der Waals surface area contributed by atoms with Gasteiger partial charge in [-0.15, -0.1) is 0 Å². The van der Waals surface area contributed by atoms with Gasteiger partial charge in [-0.2, -0.15) is 0 Å². The zero-order valence-electron chi connectivity index (χ0n) is 8.01. The molecule has 3 heteroatoms. The number of amides is 1. The molecule has 0 fully saturated rings. The van der Waals surface area contributed by atoms with Gasteiger partial charge in [0.2, 0.25) is 0 Å². The van der Waals surface area contributed by atoms with Crippen LogP contribution >= 0.6 is 0 Å². The Bertz CT molecular complexity index is 120. The lowest BCUT2D eigenvalue weighted by Gasteiger charge is -2.25. The van der Waals surface area contributed by atoms with Crippen molar-refractivity contribution in [2.24, 2.45) is 0 Å². The van der Waals surface area contributed by atoms with E-state index in [9.17, 15) is 4.79 Å². The minimum atomic E-state index is -0.197. The lowest BCUT2D eigenvalue weighted by Crippen LogP contribution is -2.30. The third-order valence-electron chi connectivity index (χ3n) is 1.82. The van der Waals surface area contributed by atoms with Gasteiger partial charge in [0.25, 0.3) is 0 Å². The highest BCUT2D eigenvalue weighted by Gasteiger charge is 2.00. The molecule has 0 bridgehead atoms. The van der Waals surface area contributed by atoms with E-state index < -0.39 is 0 Å². The molecule has 0 unspecified atom stereocenters. The quantitative estimate of drug-likeness (QED) is 0.597. The van der Waals surface area contributed by atoms with E-state index in [0.29, 0.717) is 0 Å². The van der Waals surface area contributed by atoms with Crippen LogP contribution in [-0.4, -0.2) is 23.2 Å². The van der Waals surface area contributed by atoms with Crippen LogP contribution in [0.15, 0.2) is 0 Å². The molecule has 0 aliphatic carbocycles. The molecule has 0 atom stereocenters. The van der Waals surface area contributed by atoms with Gasteiger partial charge in [0.05, 0.1) is 0 Å². The largest absolute Gasteiger partial charge is 0.719 e. The molecular weight excluding hydrogens is 170 g/mol. The van der Waals surface area contributed by atoms with E-state index >= 15 is 0 Å². The van der Waals surface area contributed by atoms with Crippen molar-refractivity contribution in [1.29, 1.82) is 0 Å². The molecule has 72 valence electrons. The number of carbonyl (C=O) groups is 1. The first-order chi connectivity index (χ1) is 5.72. The molecule has 12 heavy (non-hydrogen) atoms. The van der Waals surface area contributed by atoms with Gasteiger partial charge in [-0.05, 0) is 12.8 Å². The fourth-order valence-corrected chi connectivity index (χ4v) is 1.17. The maximum absolute atomic E-state index is 10.9. The summed E-state index contributed by atoms with van der Waals surface area (Å²) in [5.74, 6) is 0. The molecule has 0 saturated carbocycles. The highest BCUT2D eigenvalue weighted by atomic mass is 32.1. The number of rotatable bonds is 6. The Balaban J connectivity index is 3.62. The summed E-state index contributed by atoms with van der Waals surface area (Å²) in [5, 5.41) is -0.197. The lowest BCUT2D eigenvalue weighted by molar-refractivity contribution is 0.221. The Labute approximate surface area is 80.7 Å². The van der Waals surface area contributed by atoms with Crippen LogP contribution in [-0.2, 0) is 12.6 Å². The standard InChI is InChI=1S/C9H19NOS/c1-3-5-7-10(9(11)12)8-6-4-2/h3-8H2,1-2H3,(H,11,12)/p-1. The van der Waals surface area contributed by atoms with E-state index in [1.807, 2.05) is 0 Å². The smallest absolute Gasteiger partial charge is 0.101 e. The fraction of sp³-hybridized carbons (Fsp3) is 0.889. The van der Waals surface area contributed by atoms with Gasteiger partial charge in [-0.25, -0.2) is 0 Å². The summed E-state index contributed by atoms with van der Waals surface area (Å²) < 4.78 is 0. The van der Waals surface area contributed by atoms with Crippen molar-refractivity contribution in [1.82, 2.24) is 4.90 Å². The van der Waals surface area contributed by atoms with Crippen LogP contribution in [0.3, 0.4) is 0 Å². The normalized spacial score (nSPS) is 9.83. The van der Waals surface area contributed by atoms with Crippen LogP contribution in [0.1, 0.15) is 39.5 Å². The van der Waals surface area contributed by atoms with Gasteiger partial charge in [-0.1, -0.05) is 26.7 Å². The van der Waals surface area contributed by atoms with Crippen molar-refractivity contribution in [2.45, 2.75) is 39.5 Å². The van der Waals surface area contributed by atoms with Crippen molar-refractivity contribution in [3.05, 3.63) is 0 Å². The molecular formula is C9H18NOS-. The van der Waals surface area contributed by atoms with Gasteiger partial charge >= 0.3 is 0 Å². The van der Waals surface area contributed by atoms with E-state index in [1.54, 1.807) is 4.90 Å². The summed E-state index contributed by atoms with van der Waals surface area (Å²) in [5.41, 5.74) is 0. The Morgan fingerprint density at radius 2 is 1.58 bits per heavy atom. The number of nitrogens with zero attached hydrogens (tertiary/aromatic N) is 1. The van der Waals surface area contributed by atoms with Gasteiger partial charge < -0.3 is 22.3 Å². The van der Waals surface area contributed by atoms with Gasteiger partial charge in [-0.3, -0.25) is 0 Å². The summed E-state index contributed by atoms with van der Waals surface area (Å²) >= 11 is 4.61. The number of unbranched alkanes of at least 4 members (excludes halogenated alkanes) is 2. The summed E-state index contributed by atoms with van der Waals surface area (Å²) in [6.45, 7) is 5.90. The molecule has 0 aliphatic heterocycles. The third kappa shape index (κ3) is 5.35. The van der Waals surface area contributed by atoms with Crippen molar-refractivity contribution in [3.63, 3.8) is 0 Å². The Hall–Kier alpha value is -0.310. The molecule has 0 aromatic heterocycles. The van der Waals surface area contributed by atoms with Crippen LogP contribution in [0, 0.1) is 0 Å². The second-order valence-corrected chi connectivity index (χ2v) is 3.31. The second kappa shape index (κ2) is 7.35. The van der Waals surface area contributed by atoms with Crippen molar-refractivity contribution < 1.29 is 4.79 Å². The molecule has 0 rings (SSSR count). The first-order valence-corrected chi connectivity index (χ1v) is 5.09. The van der Waals surface area contributed by atoms with E-state index in [1.165, 1.54) is 0 Å². The minimum Gasteiger partial charge on any atom is -0.719 e. The van der Waals surface area contributed by atoms with Gasteiger partial charge in [0, 0.05) is 13.1 Å². The molecule has 0 aromatic rings. The lowest BCUT2D eigenvalue weighted by atomic mass is 10.3. The summed E-state index contributed by atoms with van der Waals surface area (Å²) in [6, 6.07) is 0. The van der Waals surface area contributed by atoms with E-state index in [0.717, 1.165) is 38.8 Å². The second-order valence-electron chi connectivity index (χ2n) is 2.96. The average molecular weight is 188 g/mol. The summed E-state index contributed by atoms with van der Waals surface area (Å²) in [4.78, 5) is 12.7. The van der Waals surface area contributed by atoms with Crippen LogP contribution in [0.2, 0.25) is 0 Å². The first-order valence-electron chi connectivity index (χ1n) is 4.68. The Kier molecular flexibility index (Phi) is 7.16. The number of hydrogen-bond acceptors (Lipinski definition) is 2. The topological polar surface area (TPSA) is 20.3 Å². The highest BCUT2D eigenvalue weighted by Crippen LogP contribution is 1.99. The van der Waals surface area contributed by atoms with Gasteiger partial charge in [0.1, 0.15) is 5.24 Å². The number of carbonyl (C=O) groups excluding carboxylic acids is 1. The van der Waals surface area contributed by atoms with Crippen LogP contribution in [0.5, 0.6) is 0 Å². The van der Waals surface area contributed by atoms with Crippen molar-refractivity contribution in [2.75, 3.05) is 13.1 Å². The third-order valence-corrected chi connectivity index (χ3v) is 2.08. The molecule has 0 heterocycles. The van der Waals surface area contributed by atoms with Crippen LogP contribution in [0.4, 0.5) is 4.79 Å². The van der Waals surface area contributed by atoms with Gasteiger partial charge in [0.15, 0.2) is 0 Å². The van der Waals surface area contributed by atoms with E-state index in [-0.39, 0.29) is 5.24 Å². The first kappa shape index (κ1) is 11.7. The highest BCUT2D eigenvalue weighted by molar-refractivity contribution is 7.76. The Morgan fingerprint density at radius 1 is 1.17 bits per heavy atom. The molecule has 1 amide bonds. The number of hydrogen-bond donors (Lipinski definition) is 0. The predicted molar refractivity (Wildman–Crippen MR) is 54.2 cm³/mol. The Morgan fingerprint density at radius 3 is 1.83 bits per heavy atom. The monoisotopic (exact) mass is 188 g/mol. The molecule has 0 aliphatic rings. The minimum absolute atomic E-state index is 0.197. The van der Waals surface area contributed by atoms with Crippen molar-refractivity contribution >= 4 is 17.9 Å². The average Bonchev–Trinajstić information content (AvgIpc) is 2.04. The zero-order chi connectivity index (χ0) is 9.40. The molecule has 0 N–H and O–H groups in total. The maximum Gasteiger partial charge on any atom is 0.101 e. The zero-order valence-corrected chi connectivity index (χ0v) is 8.82. The van der Waals surface area contributed by atoms with Crippen LogP contribution in [0.25, 0.3) is 0 Å². The molecule has 0 aromatic carbocycles. The van der Waals surface area contributed by atoms with E-state index in [4.69, 9.17) is 0 Å². The SMILES string of the molecule is CCCCN(CCCC)C(=O)[S-]. The maximum atomic E-state index is 10.9. The van der Waals surface area contributed by atoms with Crippen molar-refractivity contribution in [3.8, 4) is 0 Å². The molecule has 0 radical (unpaired) electrons. The molecule has 0 spiro atoms. The van der Waals surface area contributed by atoms with Crippen LogP contribution < -0.4 is 0 Å². The summed E-state index contributed by atoms with van der Waals surface area (Å²) in [6.07, 6.45) is 4.36. The molecule has 2 nitrogen and oxygen atoms in total. The predicted octanol–water partition coefficient (Wildman–Crippen LogP) is 2.56. The van der Waals surface area contributed by atoms with E-state index in [2.05, 4.69) is 26.5 Å². The molecule has 0 saturated heterocycles.